The van der Waals surface area contributed by atoms with Gasteiger partial charge in [-0.2, -0.15) is 16.1 Å². The smallest absolute Gasteiger partial charge is 0.243 e. The van der Waals surface area contributed by atoms with Gasteiger partial charge in [-0.15, -0.1) is 0 Å². The lowest BCUT2D eigenvalue weighted by atomic mass is 10.1. The Morgan fingerprint density at radius 1 is 1.35 bits per heavy atom. The van der Waals surface area contributed by atoms with Crippen molar-refractivity contribution in [2.75, 3.05) is 24.6 Å². The van der Waals surface area contributed by atoms with Gasteiger partial charge in [-0.05, 0) is 42.4 Å². The normalized spacial score (nSPS) is 17.9. The predicted molar refractivity (Wildman–Crippen MR) is 87.5 cm³/mol. The SMILES string of the molecule is Cc1c(Br)cc(CN)cc1S(=O)(=O)N1CCCSCC1. The average Bonchev–Trinajstić information content (AvgIpc) is 2.70. The van der Waals surface area contributed by atoms with Gasteiger partial charge >= 0.3 is 0 Å². The highest BCUT2D eigenvalue weighted by molar-refractivity contribution is 9.10. The van der Waals surface area contributed by atoms with Gasteiger partial charge in [0, 0.05) is 29.9 Å². The lowest BCUT2D eigenvalue weighted by molar-refractivity contribution is 0.434. The number of nitrogens with zero attached hydrogens (tertiary/aromatic N) is 1. The summed E-state index contributed by atoms with van der Waals surface area (Å²) in [5, 5.41) is 0. The first-order valence-corrected chi connectivity index (χ1v) is 9.92. The van der Waals surface area contributed by atoms with Crippen LogP contribution in [0.1, 0.15) is 17.5 Å². The van der Waals surface area contributed by atoms with E-state index in [2.05, 4.69) is 15.9 Å². The molecule has 1 aromatic carbocycles. The summed E-state index contributed by atoms with van der Waals surface area (Å²) in [6, 6.07) is 3.58. The largest absolute Gasteiger partial charge is 0.326 e. The van der Waals surface area contributed by atoms with E-state index < -0.39 is 10.0 Å². The first-order valence-electron chi connectivity index (χ1n) is 6.54. The zero-order chi connectivity index (χ0) is 14.8. The van der Waals surface area contributed by atoms with E-state index in [9.17, 15) is 8.42 Å². The van der Waals surface area contributed by atoms with E-state index in [0.717, 1.165) is 33.5 Å². The molecular formula is C13H19BrN2O2S2. The third-order valence-corrected chi connectivity index (χ3v) is 7.29. The van der Waals surface area contributed by atoms with E-state index >= 15 is 0 Å². The van der Waals surface area contributed by atoms with Crippen LogP contribution >= 0.6 is 27.7 Å². The lowest BCUT2D eigenvalue weighted by Gasteiger charge is -2.21. The Morgan fingerprint density at radius 3 is 2.80 bits per heavy atom. The summed E-state index contributed by atoms with van der Waals surface area (Å²) in [6.45, 7) is 3.33. The molecule has 0 atom stereocenters. The van der Waals surface area contributed by atoms with Gasteiger partial charge in [0.25, 0.3) is 0 Å². The van der Waals surface area contributed by atoms with Crippen LogP contribution in [-0.2, 0) is 16.6 Å². The zero-order valence-corrected chi connectivity index (χ0v) is 14.7. The molecule has 1 fully saturated rings. The van der Waals surface area contributed by atoms with Crippen molar-refractivity contribution in [3.63, 3.8) is 0 Å². The monoisotopic (exact) mass is 378 g/mol. The van der Waals surface area contributed by atoms with E-state index in [-0.39, 0.29) is 0 Å². The van der Waals surface area contributed by atoms with Crippen LogP contribution in [0.25, 0.3) is 0 Å². The molecule has 0 amide bonds. The Morgan fingerprint density at radius 2 is 2.10 bits per heavy atom. The van der Waals surface area contributed by atoms with E-state index in [1.165, 1.54) is 0 Å². The highest BCUT2D eigenvalue weighted by Gasteiger charge is 2.27. The zero-order valence-electron chi connectivity index (χ0n) is 11.4. The number of nitrogens with two attached hydrogens (primary N) is 1. The summed E-state index contributed by atoms with van der Waals surface area (Å²) >= 11 is 5.24. The summed E-state index contributed by atoms with van der Waals surface area (Å²) in [7, 11) is -3.44. The summed E-state index contributed by atoms with van der Waals surface area (Å²) in [6.07, 6.45) is 0.903. The summed E-state index contributed by atoms with van der Waals surface area (Å²) in [4.78, 5) is 0.374. The Hall–Kier alpha value is -0.0800. The quantitative estimate of drug-likeness (QED) is 0.876. The third kappa shape index (κ3) is 3.39. The van der Waals surface area contributed by atoms with Crippen molar-refractivity contribution in [3.8, 4) is 0 Å². The summed E-state index contributed by atoms with van der Waals surface area (Å²) < 4.78 is 28.1. The second-order valence-corrected chi connectivity index (χ2v) is 8.76. The molecule has 1 heterocycles. The van der Waals surface area contributed by atoms with Crippen molar-refractivity contribution in [1.29, 1.82) is 0 Å². The summed E-state index contributed by atoms with van der Waals surface area (Å²) in [5.74, 6) is 1.88. The van der Waals surface area contributed by atoms with Crippen LogP contribution in [0, 0.1) is 6.92 Å². The van der Waals surface area contributed by atoms with Crippen LogP contribution in [0.5, 0.6) is 0 Å². The number of rotatable bonds is 3. The predicted octanol–water partition coefficient (Wildman–Crippen LogP) is 2.34. The molecule has 1 aliphatic heterocycles. The van der Waals surface area contributed by atoms with Gasteiger partial charge in [-0.1, -0.05) is 15.9 Å². The topological polar surface area (TPSA) is 63.4 Å². The van der Waals surface area contributed by atoms with Crippen molar-refractivity contribution in [1.82, 2.24) is 4.31 Å². The molecule has 0 aromatic heterocycles. The Kier molecular flexibility index (Phi) is 5.53. The average molecular weight is 379 g/mol. The number of sulfonamides is 1. The molecule has 1 aliphatic rings. The molecule has 0 bridgehead atoms. The maximum atomic E-state index is 12.8. The molecule has 20 heavy (non-hydrogen) atoms. The molecule has 4 nitrogen and oxygen atoms in total. The number of hydrogen-bond acceptors (Lipinski definition) is 4. The number of halogens is 1. The van der Waals surface area contributed by atoms with Crippen molar-refractivity contribution >= 4 is 37.7 Å². The third-order valence-electron chi connectivity index (χ3n) is 3.39. The molecule has 2 rings (SSSR count). The van der Waals surface area contributed by atoms with Gasteiger partial charge in [0.1, 0.15) is 0 Å². The van der Waals surface area contributed by atoms with Crippen LogP contribution in [0.2, 0.25) is 0 Å². The molecule has 2 N–H and O–H groups in total. The molecule has 112 valence electrons. The minimum Gasteiger partial charge on any atom is -0.326 e. The molecule has 0 radical (unpaired) electrons. The van der Waals surface area contributed by atoms with E-state index in [1.807, 2.05) is 24.8 Å². The minimum atomic E-state index is -3.44. The second kappa shape index (κ2) is 6.79. The first-order chi connectivity index (χ1) is 9.46. The molecule has 1 saturated heterocycles. The molecule has 0 aliphatic carbocycles. The van der Waals surface area contributed by atoms with Crippen LogP contribution in [-0.4, -0.2) is 37.3 Å². The van der Waals surface area contributed by atoms with Crippen LogP contribution < -0.4 is 5.73 Å². The van der Waals surface area contributed by atoms with Crippen molar-refractivity contribution < 1.29 is 8.42 Å². The molecule has 0 spiro atoms. The number of hydrogen-bond donors (Lipinski definition) is 1. The fraction of sp³-hybridized carbons (Fsp3) is 0.538. The second-order valence-electron chi connectivity index (χ2n) is 4.77. The Labute approximate surface area is 133 Å². The van der Waals surface area contributed by atoms with Gasteiger partial charge in [-0.25, -0.2) is 8.42 Å². The van der Waals surface area contributed by atoms with Crippen molar-refractivity contribution in [2.24, 2.45) is 5.73 Å². The van der Waals surface area contributed by atoms with Gasteiger partial charge < -0.3 is 5.73 Å². The molecule has 0 unspecified atom stereocenters. The maximum Gasteiger partial charge on any atom is 0.243 e. The Balaban J connectivity index is 2.45. The number of benzene rings is 1. The van der Waals surface area contributed by atoms with Crippen LogP contribution in [0.4, 0.5) is 0 Å². The van der Waals surface area contributed by atoms with Crippen LogP contribution in [0.3, 0.4) is 0 Å². The van der Waals surface area contributed by atoms with E-state index in [4.69, 9.17) is 5.73 Å². The fourth-order valence-corrected chi connectivity index (χ4v) is 5.61. The molecule has 7 heteroatoms. The fourth-order valence-electron chi connectivity index (χ4n) is 2.20. The minimum absolute atomic E-state index is 0.331. The molecule has 1 aromatic rings. The number of thioether (sulfide) groups is 1. The van der Waals surface area contributed by atoms with Crippen molar-refractivity contribution in [2.45, 2.75) is 24.8 Å². The molecule has 0 saturated carbocycles. The van der Waals surface area contributed by atoms with Gasteiger partial charge in [0.2, 0.25) is 10.0 Å². The maximum absolute atomic E-state index is 12.8. The summed E-state index contributed by atoms with van der Waals surface area (Å²) in [5.41, 5.74) is 7.23. The standard InChI is InChI=1S/C13H19BrN2O2S2/c1-10-12(14)7-11(9-15)8-13(10)20(17,18)16-3-2-5-19-6-4-16/h7-8H,2-6,9,15H2,1H3. The first kappa shape index (κ1) is 16.3. The highest BCUT2D eigenvalue weighted by atomic mass is 79.9. The van der Waals surface area contributed by atoms with Crippen LogP contribution in [0.15, 0.2) is 21.5 Å². The van der Waals surface area contributed by atoms with Gasteiger partial charge in [0.15, 0.2) is 0 Å². The van der Waals surface area contributed by atoms with Gasteiger partial charge in [0.05, 0.1) is 4.90 Å². The Bertz CT molecular complexity index is 582. The van der Waals surface area contributed by atoms with Crippen molar-refractivity contribution in [3.05, 3.63) is 27.7 Å². The van der Waals surface area contributed by atoms with E-state index in [1.54, 1.807) is 10.4 Å². The lowest BCUT2D eigenvalue weighted by Crippen LogP contribution is -2.33. The highest BCUT2D eigenvalue weighted by Crippen LogP contribution is 2.29. The molecular weight excluding hydrogens is 360 g/mol. The van der Waals surface area contributed by atoms with Gasteiger partial charge in [-0.3, -0.25) is 0 Å². The van der Waals surface area contributed by atoms with E-state index in [0.29, 0.717) is 24.5 Å².